The van der Waals surface area contributed by atoms with Crippen LogP contribution in [0.4, 0.5) is 0 Å². The highest BCUT2D eigenvalue weighted by Gasteiger charge is 2.34. The van der Waals surface area contributed by atoms with Gasteiger partial charge in [0.05, 0.1) is 13.0 Å². The molecule has 0 aliphatic carbocycles. The van der Waals surface area contributed by atoms with Gasteiger partial charge in [0.2, 0.25) is 0 Å². The Balaban J connectivity index is 2.68. The molecule has 0 bridgehead atoms. The van der Waals surface area contributed by atoms with E-state index in [4.69, 9.17) is 4.74 Å². The third-order valence-corrected chi connectivity index (χ3v) is 5.62. The van der Waals surface area contributed by atoms with Crippen LogP contribution in [0.1, 0.15) is 39.5 Å². The zero-order valence-electron chi connectivity index (χ0n) is 12.7. The van der Waals surface area contributed by atoms with E-state index in [1.165, 1.54) is 11.4 Å². The van der Waals surface area contributed by atoms with Crippen LogP contribution >= 0.6 is 0 Å². The van der Waals surface area contributed by atoms with Crippen LogP contribution in [-0.4, -0.2) is 56.3 Å². The number of nitrogens with zero attached hydrogens (tertiary/aromatic N) is 2. The lowest BCUT2D eigenvalue weighted by Crippen LogP contribution is -2.48. The summed E-state index contributed by atoms with van der Waals surface area (Å²) >= 11 is 0. The molecule has 1 saturated heterocycles. The van der Waals surface area contributed by atoms with Gasteiger partial charge in [0.15, 0.2) is 0 Å². The van der Waals surface area contributed by atoms with E-state index in [1.54, 1.807) is 4.31 Å². The van der Waals surface area contributed by atoms with E-state index in [9.17, 15) is 13.2 Å². The summed E-state index contributed by atoms with van der Waals surface area (Å²) < 4.78 is 32.9. The highest BCUT2D eigenvalue weighted by Crippen LogP contribution is 2.22. The Labute approximate surface area is 122 Å². The number of ether oxygens (including phenoxy) is 1. The number of hydrogen-bond donors (Lipinski definition) is 0. The van der Waals surface area contributed by atoms with Gasteiger partial charge in [0.1, 0.15) is 0 Å². The fourth-order valence-corrected chi connectivity index (χ4v) is 4.32. The first-order valence-corrected chi connectivity index (χ1v) is 8.70. The second-order valence-electron chi connectivity index (χ2n) is 5.10. The van der Waals surface area contributed by atoms with Gasteiger partial charge in [-0.15, -0.1) is 0 Å². The predicted octanol–water partition coefficient (Wildman–Crippen LogP) is 1.24. The lowest BCUT2D eigenvalue weighted by molar-refractivity contribution is -0.146. The number of esters is 1. The Morgan fingerprint density at radius 2 is 1.70 bits per heavy atom. The number of rotatable bonds is 7. The van der Waals surface area contributed by atoms with Crippen molar-refractivity contribution in [3.05, 3.63) is 0 Å². The summed E-state index contributed by atoms with van der Waals surface area (Å²) in [6, 6.07) is 0. The molecule has 0 unspecified atom stereocenters. The molecule has 1 aliphatic heterocycles. The van der Waals surface area contributed by atoms with Gasteiger partial charge in [-0.2, -0.15) is 17.0 Å². The van der Waals surface area contributed by atoms with E-state index in [0.29, 0.717) is 39.0 Å². The fourth-order valence-electron chi connectivity index (χ4n) is 2.49. The van der Waals surface area contributed by atoms with E-state index in [-0.39, 0.29) is 11.9 Å². The quantitative estimate of drug-likeness (QED) is 0.664. The third kappa shape index (κ3) is 4.17. The predicted molar refractivity (Wildman–Crippen MR) is 77.4 cm³/mol. The normalized spacial score (nSPS) is 18.4. The largest absolute Gasteiger partial charge is 0.469 e. The number of methoxy groups -OCH3 is 1. The van der Waals surface area contributed by atoms with Crippen molar-refractivity contribution in [1.29, 1.82) is 0 Å². The molecule has 0 spiro atoms. The highest BCUT2D eigenvalue weighted by atomic mass is 32.2. The Hall–Kier alpha value is -0.660. The van der Waals surface area contributed by atoms with Gasteiger partial charge in [-0.25, -0.2) is 0 Å². The number of piperidine rings is 1. The third-order valence-electron chi connectivity index (χ3n) is 3.59. The maximum Gasteiger partial charge on any atom is 0.308 e. The molecule has 0 amide bonds. The molecular formula is C13H26N2O4S. The Morgan fingerprint density at radius 1 is 1.20 bits per heavy atom. The van der Waals surface area contributed by atoms with E-state index in [1.807, 2.05) is 13.8 Å². The van der Waals surface area contributed by atoms with Gasteiger partial charge in [-0.3, -0.25) is 4.79 Å². The maximum atomic E-state index is 12.5. The van der Waals surface area contributed by atoms with Crippen LogP contribution < -0.4 is 0 Å². The summed E-state index contributed by atoms with van der Waals surface area (Å²) in [5.41, 5.74) is 0. The molecule has 0 aromatic carbocycles. The van der Waals surface area contributed by atoms with Crippen LogP contribution in [-0.2, 0) is 19.7 Å². The number of hydrogen-bond acceptors (Lipinski definition) is 4. The van der Waals surface area contributed by atoms with Gasteiger partial charge in [-0.1, -0.05) is 13.8 Å². The summed E-state index contributed by atoms with van der Waals surface area (Å²) in [7, 11) is -2.02. The van der Waals surface area contributed by atoms with Crippen LogP contribution in [0.5, 0.6) is 0 Å². The number of carbonyl (C=O) groups is 1. The average Bonchev–Trinajstić information content (AvgIpc) is 2.46. The molecule has 0 radical (unpaired) electrons. The fraction of sp³-hybridized carbons (Fsp3) is 0.923. The SMILES string of the molecule is CCCN(CCC)S(=O)(=O)N1CCC(C(=O)OC)CC1. The average molecular weight is 306 g/mol. The molecule has 0 atom stereocenters. The first-order chi connectivity index (χ1) is 9.47. The van der Waals surface area contributed by atoms with Crippen molar-refractivity contribution in [2.45, 2.75) is 39.5 Å². The summed E-state index contributed by atoms with van der Waals surface area (Å²) in [5.74, 6) is -0.404. The molecule has 1 heterocycles. The molecule has 7 heteroatoms. The van der Waals surface area contributed by atoms with Gasteiger partial charge >= 0.3 is 5.97 Å². The second-order valence-corrected chi connectivity index (χ2v) is 7.03. The van der Waals surface area contributed by atoms with Gasteiger partial charge in [0.25, 0.3) is 10.2 Å². The van der Waals surface area contributed by atoms with Crippen molar-refractivity contribution in [1.82, 2.24) is 8.61 Å². The van der Waals surface area contributed by atoms with Crippen molar-refractivity contribution in [2.75, 3.05) is 33.3 Å². The van der Waals surface area contributed by atoms with Crippen LogP contribution in [0.3, 0.4) is 0 Å². The zero-order valence-corrected chi connectivity index (χ0v) is 13.5. The molecule has 1 rings (SSSR count). The summed E-state index contributed by atoms with van der Waals surface area (Å²) in [6.07, 6.45) is 2.69. The second kappa shape index (κ2) is 7.95. The molecule has 1 aliphatic rings. The van der Waals surface area contributed by atoms with Crippen LogP contribution in [0.2, 0.25) is 0 Å². The van der Waals surface area contributed by atoms with Crippen molar-refractivity contribution in [3.63, 3.8) is 0 Å². The Kier molecular flexibility index (Phi) is 6.91. The van der Waals surface area contributed by atoms with E-state index in [2.05, 4.69) is 0 Å². The molecule has 0 N–H and O–H groups in total. The first-order valence-electron chi connectivity index (χ1n) is 7.30. The molecule has 0 aromatic heterocycles. The standard InChI is InChI=1S/C13H26N2O4S/c1-4-8-14(9-5-2)20(17,18)15-10-6-12(7-11-15)13(16)19-3/h12H,4-11H2,1-3H3. The molecule has 0 saturated carbocycles. The molecular weight excluding hydrogens is 280 g/mol. The Bertz CT molecular complexity index is 397. The van der Waals surface area contributed by atoms with Gasteiger partial charge in [0, 0.05) is 26.2 Å². The molecule has 0 aromatic rings. The summed E-state index contributed by atoms with van der Waals surface area (Å²) in [5, 5.41) is 0. The molecule has 6 nitrogen and oxygen atoms in total. The topological polar surface area (TPSA) is 66.9 Å². The maximum absolute atomic E-state index is 12.5. The minimum atomic E-state index is -3.39. The summed E-state index contributed by atoms with van der Waals surface area (Å²) in [4.78, 5) is 11.5. The van der Waals surface area contributed by atoms with Crippen LogP contribution in [0, 0.1) is 5.92 Å². The van der Waals surface area contributed by atoms with Gasteiger partial charge in [-0.05, 0) is 25.7 Å². The van der Waals surface area contributed by atoms with Crippen LogP contribution in [0.15, 0.2) is 0 Å². The minimum Gasteiger partial charge on any atom is -0.469 e. The van der Waals surface area contributed by atoms with Crippen LogP contribution in [0.25, 0.3) is 0 Å². The van der Waals surface area contributed by atoms with E-state index in [0.717, 1.165) is 12.8 Å². The number of carbonyl (C=O) groups excluding carboxylic acids is 1. The van der Waals surface area contributed by atoms with E-state index >= 15 is 0 Å². The summed E-state index contributed by atoms with van der Waals surface area (Å²) in [6.45, 7) is 5.83. The first kappa shape index (κ1) is 17.4. The van der Waals surface area contributed by atoms with Crippen molar-refractivity contribution >= 4 is 16.2 Å². The minimum absolute atomic E-state index is 0.169. The van der Waals surface area contributed by atoms with E-state index < -0.39 is 10.2 Å². The Morgan fingerprint density at radius 3 is 2.10 bits per heavy atom. The van der Waals surface area contributed by atoms with Crippen molar-refractivity contribution in [3.8, 4) is 0 Å². The van der Waals surface area contributed by atoms with Crippen molar-refractivity contribution in [2.24, 2.45) is 5.92 Å². The van der Waals surface area contributed by atoms with Crippen molar-refractivity contribution < 1.29 is 17.9 Å². The zero-order chi connectivity index (χ0) is 15.2. The monoisotopic (exact) mass is 306 g/mol. The lowest BCUT2D eigenvalue weighted by Gasteiger charge is -2.34. The smallest absolute Gasteiger partial charge is 0.308 e. The molecule has 1 fully saturated rings. The lowest BCUT2D eigenvalue weighted by atomic mass is 9.99. The molecule has 118 valence electrons. The van der Waals surface area contributed by atoms with Gasteiger partial charge < -0.3 is 4.74 Å². The highest BCUT2D eigenvalue weighted by molar-refractivity contribution is 7.86. The molecule has 20 heavy (non-hydrogen) atoms.